The van der Waals surface area contributed by atoms with E-state index in [4.69, 9.17) is 5.11 Å². The van der Waals surface area contributed by atoms with E-state index in [1.54, 1.807) is 6.92 Å². The normalized spacial score (nSPS) is 14.5. The molecule has 0 spiro atoms. The Balaban J connectivity index is 3.06. The van der Waals surface area contributed by atoms with E-state index in [-0.39, 0.29) is 12.5 Å². The van der Waals surface area contributed by atoms with Crippen LogP contribution in [0.4, 0.5) is 23.2 Å². The molecule has 0 aromatic carbocycles. The van der Waals surface area contributed by atoms with Crippen molar-refractivity contribution in [3.63, 3.8) is 0 Å². The van der Waals surface area contributed by atoms with Gasteiger partial charge in [-0.25, -0.2) is 0 Å². The molecule has 2 N–H and O–H groups in total. The first-order chi connectivity index (χ1) is 7.88. The monoisotopic (exact) mass is 252 g/mol. The van der Waals surface area contributed by atoms with Crippen molar-refractivity contribution in [1.82, 2.24) is 4.98 Å². The predicted octanol–water partition coefficient (Wildman–Crippen LogP) is 2.07. The number of aliphatic hydroxyl groups is 1. The van der Waals surface area contributed by atoms with Crippen molar-refractivity contribution in [2.45, 2.75) is 19.9 Å². The Morgan fingerprint density at radius 1 is 1.12 bits per heavy atom. The topological polar surface area (TPSA) is 45.1 Å². The van der Waals surface area contributed by atoms with Crippen molar-refractivity contribution in [2.75, 3.05) is 11.9 Å². The van der Waals surface area contributed by atoms with Gasteiger partial charge < -0.3 is 10.4 Å². The molecule has 0 saturated carbocycles. The van der Waals surface area contributed by atoms with Gasteiger partial charge in [0.05, 0.1) is 0 Å². The van der Waals surface area contributed by atoms with Crippen LogP contribution in [0.25, 0.3) is 0 Å². The molecule has 0 bridgehead atoms. The number of hydrogen-bond donors (Lipinski definition) is 2. The molecular formula is C10H12F4N2O. The second-order valence-corrected chi connectivity index (χ2v) is 3.79. The second kappa shape index (κ2) is 5.31. The fourth-order valence-corrected chi connectivity index (χ4v) is 1.14. The summed E-state index contributed by atoms with van der Waals surface area (Å²) in [6.45, 7) is 2.91. The molecule has 2 unspecified atom stereocenters. The predicted molar refractivity (Wildman–Crippen MR) is 53.4 cm³/mol. The second-order valence-electron chi connectivity index (χ2n) is 3.79. The zero-order valence-electron chi connectivity index (χ0n) is 9.27. The number of anilines is 1. The van der Waals surface area contributed by atoms with Gasteiger partial charge >= 0.3 is 0 Å². The van der Waals surface area contributed by atoms with Crippen LogP contribution in [-0.2, 0) is 0 Å². The quantitative estimate of drug-likeness (QED) is 0.637. The number of rotatable bonds is 4. The van der Waals surface area contributed by atoms with Gasteiger partial charge in [-0.05, 0) is 12.8 Å². The number of halogens is 4. The molecule has 0 saturated heterocycles. The average molecular weight is 252 g/mol. The van der Waals surface area contributed by atoms with Crippen molar-refractivity contribution in [3.8, 4) is 0 Å². The lowest BCUT2D eigenvalue weighted by molar-refractivity contribution is 0.225. The average Bonchev–Trinajstić information content (AvgIpc) is 2.30. The maximum Gasteiger partial charge on any atom is 0.253 e. The smallest absolute Gasteiger partial charge is 0.253 e. The van der Waals surface area contributed by atoms with Gasteiger partial charge in [0, 0.05) is 12.6 Å². The zero-order valence-corrected chi connectivity index (χ0v) is 9.27. The molecule has 0 aliphatic heterocycles. The Morgan fingerprint density at radius 2 is 1.59 bits per heavy atom. The highest BCUT2D eigenvalue weighted by Gasteiger charge is 2.23. The van der Waals surface area contributed by atoms with Gasteiger partial charge in [-0.2, -0.15) is 22.5 Å². The molecule has 0 fully saturated rings. The van der Waals surface area contributed by atoms with Crippen LogP contribution in [-0.4, -0.2) is 22.7 Å². The minimum absolute atomic E-state index is 0.229. The SMILES string of the molecule is CC(CO)C(C)Nc1c(F)c(F)nc(F)c1F. The lowest BCUT2D eigenvalue weighted by Crippen LogP contribution is -2.27. The van der Waals surface area contributed by atoms with E-state index in [9.17, 15) is 17.6 Å². The molecule has 17 heavy (non-hydrogen) atoms. The molecule has 2 atom stereocenters. The number of aromatic nitrogens is 1. The lowest BCUT2D eigenvalue weighted by atomic mass is 10.0. The summed E-state index contributed by atoms with van der Waals surface area (Å²) in [7, 11) is 0. The zero-order chi connectivity index (χ0) is 13.2. The van der Waals surface area contributed by atoms with Crippen molar-refractivity contribution in [3.05, 3.63) is 23.5 Å². The highest BCUT2D eigenvalue weighted by atomic mass is 19.2. The largest absolute Gasteiger partial charge is 0.396 e. The van der Waals surface area contributed by atoms with E-state index in [1.807, 2.05) is 0 Å². The molecule has 1 aromatic rings. The van der Waals surface area contributed by atoms with E-state index < -0.39 is 35.3 Å². The first kappa shape index (κ1) is 13.7. The molecule has 0 radical (unpaired) electrons. The molecule has 0 aliphatic rings. The summed E-state index contributed by atoms with van der Waals surface area (Å²) in [6.07, 6.45) is 0. The van der Waals surface area contributed by atoms with Crippen molar-refractivity contribution < 1.29 is 22.7 Å². The van der Waals surface area contributed by atoms with Gasteiger partial charge in [-0.3, -0.25) is 0 Å². The molecule has 1 rings (SSSR count). The molecule has 1 heterocycles. The summed E-state index contributed by atoms with van der Waals surface area (Å²) in [4.78, 5) is 2.43. The van der Waals surface area contributed by atoms with Crippen LogP contribution in [0.5, 0.6) is 0 Å². The Hall–Kier alpha value is -1.37. The van der Waals surface area contributed by atoms with Gasteiger partial charge in [0.25, 0.3) is 11.9 Å². The first-order valence-electron chi connectivity index (χ1n) is 4.95. The summed E-state index contributed by atoms with van der Waals surface area (Å²) in [5.74, 6) is -6.93. The van der Waals surface area contributed by atoms with Gasteiger partial charge in [-0.1, -0.05) is 6.92 Å². The highest BCUT2D eigenvalue weighted by Crippen LogP contribution is 2.23. The third-order valence-corrected chi connectivity index (χ3v) is 2.51. The van der Waals surface area contributed by atoms with E-state index in [0.717, 1.165) is 0 Å². The van der Waals surface area contributed by atoms with E-state index in [0.29, 0.717) is 0 Å². The summed E-state index contributed by atoms with van der Waals surface area (Å²) < 4.78 is 51.9. The fourth-order valence-electron chi connectivity index (χ4n) is 1.14. The molecule has 3 nitrogen and oxygen atoms in total. The van der Waals surface area contributed by atoms with Crippen LogP contribution < -0.4 is 5.32 Å². The number of nitrogens with one attached hydrogen (secondary N) is 1. The Morgan fingerprint density at radius 3 is 2.00 bits per heavy atom. The standard InChI is InChI=1S/C10H12F4N2O/c1-4(3-17)5(2)15-8-6(11)9(13)16-10(14)7(8)12/h4-5,17H,3H2,1-2H3,(H,15,16). The molecule has 7 heteroatoms. The van der Waals surface area contributed by atoms with Crippen molar-refractivity contribution in [1.29, 1.82) is 0 Å². The van der Waals surface area contributed by atoms with Crippen LogP contribution in [0.3, 0.4) is 0 Å². The van der Waals surface area contributed by atoms with Crippen molar-refractivity contribution >= 4 is 5.69 Å². The molecule has 1 aromatic heterocycles. The van der Waals surface area contributed by atoms with Crippen LogP contribution in [0.2, 0.25) is 0 Å². The summed E-state index contributed by atoms with van der Waals surface area (Å²) >= 11 is 0. The Labute approximate surface area is 95.5 Å². The third kappa shape index (κ3) is 2.85. The third-order valence-electron chi connectivity index (χ3n) is 2.51. The maximum absolute atomic E-state index is 13.2. The van der Waals surface area contributed by atoms with Gasteiger partial charge in [0.1, 0.15) is 5.69 Å². The van der Waals surface area contributed by atoms with Crippen LogP contribution in [0, 0.1) is 29.4 Å². The lowest BCUT2D eigenvalue weighted by Gasteiger charge is -2.21. The Kier molecular flexibility index (Phi) is 4.28. The van der Waals surface area contributed by atoms with Crippen LogP contribution >= 0.6 is 0 Å². The molecule has 96 valence electrons. The molecule has 0 aliphatic carbocycles. The first-order valence-corrected chi connectivity index (χ1v) is 4.95. The molecular weight excluding hydrogens is 240 g/mol. The minimum Gasteiger partial charge on any atom is -0.396 e. The minimum atomic E-state index is -1.71. The summed E-state index contributed by atoms with van der Waals surface area (Å²) in [5.41, 5.74) is -0.914. The Bertz CT molecular complexity index is 388. The van der Waals surface area contributed by atoms with E-state index in [2.05, 4.69) is 10.3 Å². The van der Waals surface area contributed by atoms with Crippen LogP contribution in [0.15, 0.2) is 0 Å². The van der Waals surface area contributed by atoms with Crippen molar-refractivity contribution in [2.24, 2.45) is 5.92 Å². The fraction of sp³-hybridized carbons (Fsp3) is 0.500. The van der Waals surface area contributed by atoms with E-state index in [1.165, 1.54) is 6.92 Å². The number of aliphatic hydroxyl groups excluding tert-OH is 1. The number of nitrogens with zero attached hydrogens (tertiary/aromatic N) is 1. The summed E-state index contributed by atoms with van der Waals surface area (Å²) in [5, 5.41) is 11.1. The number of hydrogen-bond acceptors (Lipinski definition) is 3. The van der Waals surface area contributed by atoms with Gasteiger partial charge in [0.2, 0.25) is 11.6 Å². The highest BCUT2D eigenvalue weighted by molar-refractivity contribution is 5.46. The van der Waals surface area contributed by atoms with Gasteiger partial charge in [-0.15, -0.1) is 0 Å². The number of pyridine rings is 1. The van der Waals surface area contributed by atoms with Crippen LogP contribution in [0.1, 0.15) is 13.8 Å². The molecule has 0 amide bonds. The van der Waals surface area contributed by atoms with E-state index >= 15 is 0 Å². The van der Waals surface area contributed by atoms with Gasteiger partial charge in [0.15, 0.2) is 0 Å². The maximum atomic E-state index is 13.2. The summed E-state index contributed by atoms with van der Waals surface area (Å²) in [6, 6.07) is -0.565.